The highest BCUT2D eigenvalue weighted by molar-refractivity contribution is 6.04. The van der Waals surface area contributed by atoms with Crippen molar-refractivity contribution >= 4 is 28.1 Å². The highest BCUT2D eigenvalue weighted by atomic mass is 16.3. The van der Waals surface area contributed by atoms with Gasteiger partial charge in [0.15, 0.2) is 5.76 Å². The van der Waals surface area contributed by atoms with E-state index in [0.29, 0.717) is 11.8 Å². The van der Waals surface area contributed by atoms with E-state index >= 15 is 0 Å². The first kappa shape index (κ1) is 18.6. The van der Waals surface area contributed by atoms with Gasteiger partial charge in [-0.15, -0.1) is 0 Å². The highest BCUT2D eigenvalue weighted by Crippen LogP contribution is 2.31. The lowest BCUT2D eigenvalue weighted by Crippen LogP contribution is -2.37. The fourth-order valence-corrected chi connectivity index (χ4v) is 4.13. The lowest BCUT2D eigenvalue weighted by atomic mass is 9.97. The number of furan rings is 1. The molecule has 5 nitrogen and oxygen atoms in total. The Morgan fingerprint density at radius 2 is 2.14 bits per heavy atom. The lowest BCUT2D eigenvalue weighted by Gasteiger charge is -2.33. The molecule has 1 aromatic carbocycles. The lowest BCUT2D eigenvalue weighted by molar-refractivity contribution is 0.0996. The van der Waals surface area contributed by atoms with E-state index < -0.39 is 0 Å². The Labute approximate surface area is 165 Å². The fraction of sp³-hybridized carbons (Fsp3) is 0.348. The molecular formula is C23H27N3O2. The van der Waals surface area contributed by atoms with Crippen LogP contribution in [0, 0.1) is 0 Å². The molecule has 146 valence electrons. The number of H-pyrrole nitrogens is 1. The topological polar surface area (TPSA) is 61.3 Å². The number of aromatic amines is 1. The maximum absolute atomic E-state index is 12.3. The molecule has 0 atom stereocenters. The second-order valence-electron chi connectivity index (χ2n) is 7.34. The van der Waals surface area contributed by atoms with Gasteiger partial charge in [0.05, 0.1) is 6.26 Å². The number of hydrogen-bond acceptors (Lipinski definition) is 3. The number of carbonyl (C=O) groups excluding carboxylic acids is 1. The van der Waals surface area contributed by atoms with Crippen molar-refractivity contribution in [1.29, 1.82) is 0 Å². The monoisotopic (exact) mass is 377 g/mol. The molecule has 1 aliphatic heterocycles. The van der Waals surface area contributed by atoms with E-state index in [1.165, 1.54) is 30.2 Å². The Kier molecular flexibility index (Phi) is 5.35. The third-order valence-corrected chi connectivity index (χ3v) is 5.73. The zero-order valence-corrected chi connectivity index (χ0v) is 16.5. The summed E-state index contributed by atoms with van der Waals surface area (Å²) in [6, 6.07) is 10.0. The second-order valence-corrected chi connectivity index (χ2v) is 7.34. The normalized spacial score (nSPS) is 15.2. The minimum Gasteiger partial charge on any atom is -0.459 e. The molecule has 3 aromatic rings. The van der Waals surface area contributed by atoms with Crippen molar-refractivity contribution < 1.29 is 9.21 Å². The van der Waals surface area contributed by atoms with E-state index in [1.807, 2.05) is 18.2 Å². The maximum atomic E-state index is 12.3. The molecule has 0 aliphatic carbocycles. The molecule has 0 unspecified atom stereocenters. The minimum absolute atomic E-state index is 0.237. The van der Waals surface area contributed by atoms with Crippen molar-refractivity contribution in [2.24, 2.45) is 0 Å². The molecule has 0 saturated heterocycles. The second kappa shape index (κ2) is 8.07. The quantitative estimate of drug-likeness (QED) is 0.613. The highest BCUT2D eigenvalue weighted by Gasteiger charge is 2.20. The Morgan fingerprint density at radius 1 is 1.29 bits per heavy atom. The fourth-order valence-electron chi connectivity index (χ4n) is 4.13. The molecule has 0 bridgehead atoms. The van der Waals surface area contributed by atoms with Gasteiger partial charge in [-0.05, 0) is 55.2 Å². The smallest absolute Gasteiger partial charge is 0.291 e. The van der Waals surface area contributed by atoms with E-state index in [4.69, 9.17) is 4.42 Å². The van der Waals surface area contributed by atoms with Crippen LogP contribution in [0.1, 0.15) is 49.2 Å². The first-order valence-corrected chi connectivity index (χ1v) is 10.1. The van der Waals surface area contributed by atoms with Crippen molar-refractivity contribution in [3.05, 3.63) is 60.2 Å². The molecule has 3 heterocycles. The van der Waals surface area contributed by atoms with Gasteiger partial charge in [-0.3, -0.25) is 9.69 Å². The molecule has 5 heteroatoms. The molecule has 0 radical (unpaired) electrons. The van der Waals surface area contributed by atoms with Gasteiger partial charge in [0, 0.05) is 47.5 Å². The summed E-state index contributed by atoms with van der Waals surface area (Å²) in [6.45, 7) is 6.64. The van der Waals surface area contributed by atoms with Crippen molar-refractivity contribution in [1.82, 2.24) is 9.88 Å². The summed E-state index contributed by atoms with van der Waals surface area (Å²) in [5, 5.41) is 4.06. The number of rotatable bonds is 6. The number of fused-ring (bicyclic) bond motifs is 1. The summed E-state index contributed by atoms with van der Waals surface area (Å²) in [5.41, 5.74) is 4.45. The minimum atomic E-state index is -0.237. The van der Waals surface area contributed by atoms with Crippen LogP contribution in [0.25, 0.3) is 16.5 Å². The van der Waals surface area contributed by atoms with Crippen LogP contribution in [0.3, 0.4) is 0 Å². The number of nitrogens with zero attached hydrogens (tertiary/aromatic N) is 1. The predicted octanol–water partition coefficient (Wildman–Crippen LogP) is 5.29. The molecule has 2 aromatic heterocycles. The van der Waals surface area contributed by atoms with Crippen molar-refractivity contribution in [2.75, 3.05) is 18.4 Å². The summed E-state index contributed by atoms with van der Waals surface area (Å²) < 4.78 is 5.17. The van der Waals surface area contributed by atoms with E-state index in [2.05, 4.69) is 41.3 Å². The summed E-state index contributed by atoms with van der Waals surface area (Å²) in [5.74, 6) is 0.0741. The number of carbonyl (C=O) groups is 1. The molecule has 0 saturated carbocycles. The van der Waals surface area contributed by atoms with Crippen molar-refractivity contribution in [2.45, 2.75) is 39.2 Å². The van der Waals surface area contributed by atoms with Gasteiger partial charge in [-0.25, -0.2) is 0 Å². The third kappa shape index (κ3) is 3.62. The Morgan fingerprint density at radius 3 is 2.82 bits per heavy atom. The Balaban J connectivity index is 1.56. The van der Waals surface area contributed by atoms with Gasteiger partial charge in [0.2, 0.25) is 0 Å². The molecule has 4 rings (SSSR count). The van der Waals surface area contributed by atoms with Crippen LogP contribution >= 0.6 is 0 Å². The Hall–Kier alpha value is -2.79. The number of benzene rings is 1. The van der Waals surface area contributed by atoms with Crippen LogP contribution in [-0.2, 0) is 0 Å². The molecule has 0 spiro atoms. The zero-order chi connectivity index (χ0) is 19.5. The summed E-state index contributed by atoms with van der Waals surface area (Å²) in [4.78, 5) is 18.2. The van der Waals surface area contributed by atoms with Crippen LogP contribution in [0.4, 0.5) is 5.69 Å². The number of hydrogen-bond donors (Lipinski definition) is 2. The number of aromatic nitrogens is 1. The van der Waals surface area contributed by atoms with Crippen LogP contribution < -0.4 is 5.32 Å². The first-order valence-electron chi connectivity index (χ1n) is 10.1. The summed E-state index contributed by atoms with van der Waals surface area (Å²) in [7, 11) is 0. The van der Waals surface area contributed by atoms with E-state index in [9.17, 15) is 4.79 Å². The first-order chi connectivity index (χ1) is 13.7. The van der Waals surface area contributed by atoms with Gasteiger partial charge in [-0.1, -0.05) is 19.9 Å². The van der Waals surface area contributed by atoms with Crippen LogP contribution in [-0.4, -0.2) is 34.9 Å². The van der Waals surface area contributed by atoms with Crippen LogP contribution in [0.15, 0.2) is 53.3 Å². The molecule has 0 fully saturated rings. The summed E-state index contributed by atoms with van der Waals surface area (Å²) >= 11 is 0. The average molecular weight is 377 g/mol. The third-order valence-electron chi connectivity index (χ3n) is 5.73. The molecule has 1 amide bonds. The van der Waals surface area contributed by atoms with Gasteiger partial charge in [0.25, 0.3) is 5.91 Å². The largest absolute Gasteiger partial charge is 0.459 e. The number of amides is 1. The number of anilines is 1. The number of nitrogens with one attached hydrogen (secondary N) is 2. The van der Waals surface area contributed by atoms with E-state index in [-0.39, 0.29) is 5.91 Å². The van der Waals surface area contributed by atoms with E-state index in [1.54, 1.807) is 12.1 Å². The SMILES string of the molecule is CCC(CC)N1CC=C(c2c[nH]c3ccc(NC(=O)c4ccco4)cc23)CC1. The predicted molar refractivity (Wildman–Crippen MR) is 113 cm³/mol. The zero-order valence-electron chi connectivity index (χ0n) is 16.5. The van der Waals surface area contributed by atoms with Crippen molar-refractivity contribution in [3.8, 4) is 0 Å². The van der Waals surface area contributed by atoms with E-state index in [0.717, 1.165) is 36.1 Å². The van der Waals surface area contributed by atoms with Gasteiger partial charge in [-0.2, -0.15) is 0 Å². The van der Waals surface area contributed by atoms with Gasteiger partial charge in [0.1, 0.15) is 0 Å². The molecule has 28 heavy (non-hydrogen) atoms. The molecule has 1 aliphatic rings. The standard InChI is InChI=1S/C23H27N3O2/c1-3-18(4-2)26-11-9-16(10-12-26)20-15-24-21-8-7-17(14-19(20)21)25-23(27)22-6-5-13-28-22/h5-9,13-15,18,24H,3-4,10-12H2,1-2H3,(H,25,27). The maximum Gasteiger partial charge on any atom is 0.291 e. The van der Waals surface area contributed by atoms with Gasteiger partial charge < -0.3 is 14.7 Å². The summed E-state index contributed by atoms with van der Waals surface area (Å²) in [6.07, 6.45) is 9.40. The van der Waals surface area contributed by atoms with Crippen LogP contribution in [0.2, 0.25) is 0 Å². The van der Waals surface area contributed by atoms with Crippen LogP contribution in [0.5, 0.6) is 0 Å². The molecule has 2 N–H and O–H groups in total. The molecular weight excluding hydrogens is 350 g/mol. The average Bonchev–Trinajstić information content (AvgIpc) is 3.39. The van der Waals surface area contributed by atoms with Gasteiger partial charge >= 0.3 is 0 Å². The van der Waals surface area contributed by atoms with Crippen molar-refractivity contribution in [3.63, 3.8) is 0 Å². The Bertz CT molecular complexity index is 981.